The molecule has 1 aromatic carbocycles. The van der Waals surface area contributed by atoms with Gasteiger partial charge in [-0.05, 0) is 6.92 Å². The van der Waals surface area contributed by atoms with Gasteiger partial charge in [0.05, 0.1) is 0 Å². The van der Waals surface area contributed by atoms with E-state index in [4.69, 9.17) is 15.3 Å². The van der Waals surface area contributed by atoms with E-state index in [1.54, 1.807) is 12.1 Å². The van der Waals surface area contributed by atoms with Crippen LogP contribution < -0.4 is 47.1 Å². The number of hydrogen-bond acceptors (Lipinski definition) is 3. The predicted octanol–water partition coefficient (Wildman–Crippen LogP) is -5.06. The molecule has 0 aliphatic heterocycles. The number of carbonyl (C=O) groups excluding carboxylic acids is 1. The van der Waals surface area contributed by atoms with Crippen molar-refractivity contribution in [3.8, 4) is 0 Å². The van der Waals surface area contributed by atoms with Crippen molar-refractivity contribution < 1.29 is 51.9 Å². The summed E-state index contributed by atoms with van der Waals surface area (Å²) in [6, 6.07) is 8.94. The molecule has 0 aliphatic rings. The van der Waals surface area contributed by atoms with Gasteiger partial charge >= 0.3 is 35.2 Å². The zero-order chi connectivity index (χ0) is 9.40. The third kappa shape index (κ3) is 14.0. The molecule has 0 radical (unpaired) electrons. The molecule has 4 nitrogen and oxygen atoms in total. The van der Waals surface area contributed by atoms with E-state index < -0.39 is 5.97 Å². The maximum absolute atomic E-state index is 8.89. The van der Waals surface area contributed by atoms with E-state index in [-0.39, 0.29) is 42.0 Å². The maximum Gasteiger partial charge on any atom is 1.00 e. The third-order valence-electron chi connectivity index (χ3n) is 0.872. The number of carboxylic acids is 1. The zero-order valence-electron chi connectivity index (χ0n) is 7.98. The molecular formula is C8H8ClN2NaO2. The largest absolute Gasteiger partial charge is 1.00 e. The molecule has 0 heterocycles. The van der Waals surface area contributed by atoms with Crippen molar-refractivity contribution in [1.82, 2.24) is 0 Å². The van der Waals surface area contributed by atoms with Crippen LogP contribution >= 0.6 is 0 Å². The Labute approximate surface area is 111 Å². The predicted molar refractivity (Wildman–Crippen MR) is 41.9 cm³/mol. The van der Waals surface area contributed by atoms with Gasteiger partial charge in [0.15, 0.2) is 4.98 Å². The van der Waals surface area contributed by atoms with E-state index in [1.807, 2.05) is 18.2 Å². The van der Waals surface area contributed by atoms with Gasteiger partial charge < -0.3 is 22.3 Å². The number of diazo groups is 1. The fourth-order valence-electron chi connectivity index (χ4n) is 0.495. The third-order valence-corrected chi connectivity index (χ3v) is 0.872. The summed E-state index contributed by atoms with van der Waals surface area (Å²) in [5.41, 5.74) is 0.590. The van der Waals surface area contributed by atoms with Crippen molar-refractivity contribution in [1.29, 1.82) is 5.39 Å². The molecule has 1 rings (SSSR count). The van der Waals surface area contributed by atoms with Crippen LogP contribution in [0.4, 0.5) is 5.69 Å². The van der Waals surface area contributed by atoms with Crippen LogP contribution in [0.3, 0.4) is 0 Å². The van der Waals surface area contributed by atoms with Crippen LogP contribution in [0, 0.1) is 5.39 Å². The molecular weight excluding hydrogens is 215 g/mol. The average Bonchev–Trinajstić information content (AvgIpc) is 2.05. The molecule has 70 valence electrons. The first-order valence-corrected chi connectivity index (χ1v) is 3.24. The Kier molecular flexibility index (Phi) is 16.9. The molecule has 0 unspecified atom stereocenters. The Morgan fingerprint density at radius 3 is 1.93 bits per heavy atom. The minimum atomic E-state index is -1.08. The van der Waals surface area contributed by atoms with Crippen molar-refractivity contribution >= 4 is 11.7 Å². The summed E-state index contributed by atoms with van der Waals surface area (Å²) in [7, 11) is 0. The number of carbonyl (C=O) groups is 1. The Bertz CT molecular complexity index is 283. The monoisotopic (exact) mass is 222 g/mol. The fraction of sp³-hybridized carbons (Fsp3) is 0.125. The Balaban J connectivity index is -0.000000180. The van der Waals surface area contributed by atoms with Crippen LogP contribution in [-0.4, -0.2) is 5.97 Å². The first kappa shape index (κ1) is 19.0. The van der Waals surface area contributed by atoms with Crippen LogP contribution in [0.25, 0.3) is 4.98 Å². The fourth-order valence-corrected chi connectivity index (χ4v) is 0.495. The Hall–Kier alpha value is -0.600. The van der Waals surface area contributed by atoms with E-state index in [2.05, 4.69) is 4.98 Å². The molecule has 0 amide bonds. The van der Waals surface area contributed by atoms with Gasteiger partial charge in [-0.2, -0.15) is 0 Å². The number of halogens is 1. The van der Waals surface area contributed by atoms with Crippen molar-refractivity contribution in [2.24, 2.45) is 0 Å². The first-order valence-electron chi connectivity index (χ1n) is 3.24. The van der Waals surface area contributed by atoms with Gasteiger partial charge in [-0.25, -0.2) is 0 Å². The van der Waals surface area contributed by atoms with E-state index in [9.17, 15) is 0 Å². The molecule has 0 N–H and O–H groups in total. The Morgan fingerprint density at radius 2 is 1.71 bits per heavy atom. The SMILES string of the molecule is CC(=O)[O-].N#[N+]c1ccccc1.[Cl-].[Na+]. The summed E-state index contributed by atoms with van der Waals surface area (Å²) < 4.78 is 0. The molecule has 0 atom stereocenters. The van der Waals surface area contributed by atoms with Crippen molar-refractivity contribution in [3.63, 3.8) is 0 Å². The number of carboxylic acid groups (broad SMARTS) is 1. The van der Waals surface area contributed by atoms with Crippen LogP contribution in [0.15, 0.2) is 30.3 Å². The van der Waals surface area contributed by atoms with E-state index >= 15 is 0 Å². The van der Waals surface area contributed by atoms with Crippen molar-refractivity contribution in [3.05, 3.63) is 35.3 Å². The molecule has 0 aliphatic carbocycles. The number of hydrogen-bond donors (Lipinski definition) is 0. The van der Waals surface area contributed by atoms with Crippen LogP contribution in [0.5, 0.6) is 0 Å². The number of nitrogens with zero attached hydrogens (tertiary/aromatic N) is 2. The topological polar surface area (TPSA) is 68.3 Å². The van der Waals surface area contributed by atoms with E-state index in [1.165, 1.54) is 0 Å². The van der Waals surface area contributed by atoms with Crippen molar-refractivity contribution in [2.75, 3.05) is 0 Å². The van der Waals surface area contributed by atoms with Crippen molar-refractivity contribution in [2.45, 2.75) is 6.92 Å². The minimum Gasteiger partial charge on any atom is -1.00 e. The van der Waals surface area contributed by atoms with Crippen LogP contribution in [0.2, 0.25) is 0 Å². The Morgan fingerprint density at radius 1 is 1.36 bits per heavy atom. The second kappa shape index (κ2) is 12.4. The molecule has 0 saturated carbocycles. The summed E-state index contributed by atoms with van der Waals surface area (Å²) in [5.74, 6) is -1.08. The summed E-state index contributed by atoms with van der Waals surface area (Å²) in [5, 5.41) is 17.1. The van der Waals surface area contributed by atoms with Gasteiger partial charge in [-0.3, -0.25) is 0 Å². The van der Waals surface area contributed by atoms with Crippen LogP contribution in [0.1, 0.15) is 6.92 Å². The molecule has 0 aromatic heterocycles. The van der Waals surface area contributed by atoms with Gasteiger partial charge in [0, 0.05) is 18.1 Å². The minimum absolute atomic E-state index is 0. The average molecular weight is 223 g/mol. The molecule has 0 spiro atoms. The summed E-state index contributed by atoms with van der Waals surface area (Å²) in [6.07, 6.45) is 0. The second-order valence-electron chi connectivity index (χ2n) is 1.93. The van der Waals surface area contributed by atoms with Crippen LogP contribution in [-0.2, 0) is 4.79 Å². The van der Waals surface area contributed by atoms with Gasteiger partial charge in [0.2, 0.25) is 5.39 Å². The molecule has 14 heavy (non-hydrogen) atoms. The van der Waals surface area contributed by atoms with Gasteiger partial charge in [-0.15, -0.1) is 0 Å². The smallest absolute Gasteiger partial charge is 1.00 e. The quantitative estimate of drug-likeness (QED) is 0.326. The summed E-state index contributed by atoms with van der Waals surface area (Å²) in [4.78, 5) is 11.9. The first-order chi connectivity index (χ1) is 5.66. The summed E-state index contributed by atoms with van der Waals surface area (Å²) >= 11 is 0. The maximum atomic E-state index is 8.89. The molecule has 0 bridgehead atoms. The van der Waals surface area contributed by atoms with Gasteiger partial charge in [-0.1, -0.05) is 18.2 Å². The number of aliphatic carboxylic acids is 1. The zero-order valence-corrected chi connectivity index (χ0v) is 10.7. The molecule has 1 aromatic rings. The molecule has 0 fully saturated rings. The number of benzene rings is 1. The molecule has 0 saturated heterocycles. The standard InChI is InChI=1S/C6H5N2.C2H4O2.ClH.Na/c7-8-6-4-2-1-3-5-6;1-2(3)4;;/h1-5H;1H3,(H,3,4);1H;/q+1;;;+1/p-2. The molecule has 6 heteroatoms. The normalized spacial score (nSPS) is 6.29. The number of rotatable bonds is 0. The van der Waals surface area contributed by atoms with Gasteiger partial charge in [0.1, 0.15) is 0 Å². The van der Waals surface area contributed by atoms with E-state index in [0.29, 0.717) is 5.69 Å². The van der Waals surface area contributed by atoms with Gasteiger partial charge in [0.25, 0.3) is 0 Å². The summed E-state index contributed by atoms with van der Waals surface area (Å²) in [6.45, 7) is 0.972. The van der Waals surface area contributed by atoms with E-state index in [0.717, 1.165) is 6.92 Å². The second-order valence-corrected chi connectivity index (χ2v) is 1.93.